The fourth-order valence-corrected chi connectivity index (χ4v) is 2.40. The number of amides is 1. The SMILES string of the molecule is CN(C)CCCCCCN(C)CCCNCCCNC(=O)/C=N/O. The molecule has 3 N–H and O–H groups in total. The molecule has 142 valence electrons. The smallest absolute Gasteiger partial charge is 0.265 e. The Balaban J connectivity index is 3.25. The number of carbonyl (C=O) groups is 1. The van der Waals surface area contributed by atoms with Crippen LogP contribution >= 0.6 is 0 Å². The molecule has 0 aliphatic carbocycles. The Morgan fingerprint density at radius 1 is 0.917 bits per heavy atom. The van der Waals surface area contributed by atoms with Gasteiger partial charge in [-0.3, -0.25) is 4.79 Å². The highest BCUT2D eigenvalue weighted by molar-refractivity contribution is 6.25. The topological polar surface area (TPSA) is 80.2 Å². The molecule has 0 aliphatic heterocycles. The van der Waals surface area contributed by atoms with Gasteiger partial charge >= 0.3 is 0 Å². The van der Waals surface area contributed by atoms with Crippen molar-refractivity contribution in [3.63, 3.8) is 0 Å². The molecule has 24 heavy (non-hydrogen) atoms. The molecule has 0 saturated carbocycles. The lowest BCUT2D eigenvalue weighted by Gasteiger charge is -2.16. The lowest BCUT2D eigenvalue weighted by Crippen LogP contribution is -2.29. The molecule has 0 aromatic carbocycles. The average molecular weight is 344 g/mol. The highest BCUT2D eigenvalue weighted by Gasteiger charge is 1.99. The third-order valence-corrected chi connectivity index (χ3v) is 3.79. The highest BCUT2D eigenvalue weighted by atomic mass is 16.4. The lowest BCUT2D eigenvalue weighted by molar-refractivity contribution is -0.114. The van der Waals surface area contributed by atoms with E-state index in [9.17, 15) is 4.79 Å². The maximum absolute atomic E-state index is 11.0. The summed E-state index contributed by atoms with van der Waals surface area (Å²) >= 11 is 0. The Hall–Kier alpha value is -1.18. The molecule has 0 rings (SSSR count). The first-order valence-electron chi connectivity index (χ1n) is 9.05. The van der Waals surface area contributed by atoms with Crippen molar-refractivity contribution < 1.29 is 10.0 Å². The molecule has 0 atom stereocenters. The molecular formula is C17H37N5O2. The molecule has 0 unspecified atom stereocenters. The molecule has 0 radical (unpaired) electrons. The largest absolute Gasteiger partial charge is 0.411 e. The van der Waals surface area contributed by atoms with Gasteiger partial charge in [0, 0.05) is 6.54 Å². The van der Waals surface area contributed by atoms with Crippen LogP contribution in [0.1, 0.15) is 38.5 Å². The fourth-order valence-electron chi connectivity index (χ4n) is 2.40. The van der Waals surface area contributed by atoms with Crippen molar-refractivity contribution >= 4 is 12.1 Å². The molecule has 1 amide bonds. The van der Waals surface area contributed by atoms with Gasteiger partial charge in [-0.15, -0.1) is 0 Å². The van der Waals surface area contributed by atoms with Crippen LogP contribution in [0.15, 0.2) is 5.16 Å². The second kappa shape index (κ2) is 16.7. The first-order chi connectivity index (χ1) is 11.6. The zero-order chi connectivity index (χ0) is 18.0. The Morgan fingerprint density at radius 3 is 2.21 bits per heavy atom. The maximum atomic E-state index is 11.0. The molecule has 0 bridgehead atoms. The number of rotatable bonds is 16. The number of nitrogens with one attached hydrogen (secondary N) is 2. The predicted octanol–water partition coefficient (Wildman–Crippen LogP) is 0.986. The molecule has 0 aromatic heterocycles. The fraction of sp³-hybridized carbons (Fsp3) is 0.882. The van der Waals surface area contributed by atoms with Crippen LogP contribution < -0.4 is 10.6 Å². The standard InChI is InChI=1S/C17H37N5O2/c1-21(2)13-6-4-5-7-14-22(3)15-9-11-18-10-8-12-19-17(23)16-20-24/h16,18,24H,4-15H2,1-3H3,(H,19,23)/b20-16+. The lowest BCUT2D eigenvalue weighted by atomic mass is 10.2. The average Bonchev–Trinajstić information content (AvgIpc) is 2.53. The van der Waals surface area contributed by atoms with Crippen LogP contribution in [-0.4, -0.2) is 87.5 Å². The van der Waals surface area contributed by atoms with Crippen molar-refractivity contribution in [1.29, 1.82) is 0 Å². The summed E-state index contributed by atoms with van der Waals surface area (Å²) < 4.78 is 0. The molecule has 0 spiro atoms. The van der Waals surface area contributed by atoms with Gasteiger partial charge in [0.15, 0.2) is 0 Å². The van der Waals surface area contributed by atoms with E-state index in [1.54, 1.807) is 0 Å². The van der Waals surface area contributed by atoms with E-state index < -0.39 is 0 Å². The third kappa shape index (κ3) is 17.2. The van der Waals surface area contributed by atoms with Gasteiger partial charge in [-0.2, -0.15) is 0 Å². The van der Waals surface area contributed by atoms with Crippen molar-refractivity contribution in [2.24, 2.45) is 5.16 Å². The van der Waals surface area contributed by atoms with E-state index in [0.29, 0.717) is 6.54 Å². The van der Waals surface area contributed by atoms with Gasteiger partial charge in [0.2, 0.25) is 0 Å². The number of carbonyl (C=O) groups excluding carboxylic acids is 1. The number of unbranched alkanes of at least 4 members (excludes halogenated alkanes) is 3. The van der Waals surface area contributed by atoms with Gasteiger partial charge < -0.3 is 25.6 Å². The maximum Gasteiger partial charge on any atom is 0.265 e. The first kappa shape index (κ1) is 22.8. The molecule has 7 heteroatoms. The van der Waals surface area contributed by atoms with Gasteiger partial charge in [0.05, 0.1) is 0 Å². The van der Waals surface area contributed by atoms with Crippen molar-refractivity contribution in [1.82, 2.24) is 20.4 Å². The van der Waals surface area contributed by atoms with Crippen molar-refractivity contribution in [3.05, 3.63) is 0 Å². The summed E-state index contributed by atoms with van der Waals surface area (Å²) in [6, 6.07) is 0. The van der Waals surface area contributed by atoms with Gasteiger partial charge in [-0.25, -0.2) is 0 Å². The second-order valence-corrected chi connectivity index (χ2v) is 6.51. The molecule has 0 aliphatic rings. The zero-order valence-electron chi connectivity index (χ0n) is 15.8. The van der Waals surface area contributed by atoms with Gasteiger partial charge in [-0.1, -0.05) is 18.0 Å². The Labute approximate surface area is 147 Å². The predicted molar refractivity (Wildman–Crippen MR) is 99.9 cm³/mol. The van der Waals surface area contributed by atoms with E-state index >= 15 is 0 Å². The minimum absolute atomic E-state index is 0.360. The van der Waals surface area contributed by atoms with Crippen LogP contribution in [0.5, 0.6) is 0 Å². The minimum atomic E-state index is -0.360. The Bertz CT molecular complexity index is 324. The quantitative estimate of drug-likeness (QED) is 0.169. The zero-order valence-corrected chi connectivity index (χ0v) is 15.8. The van der Waals surface area contributed by atoms with Crippen molar-refractivity contribution in [2.45, 2.75) is 38.5 Å². The minimum Gasteiger partial charge on any atom is -0.411 e. The summed E-state index contributed by atoms with van der Waals surface area (Å²) in [5, 5.41) is 16.9. The highest BCUT2D eigenvalue weighted by Crippen LogP contribution is 2.02. The Kier molecular flexibility index (Phi) is 15.9. The van der Waals surface area contributed by atoms with Crippen LogP contribution in [0.25, 0.3) is 0 Å². The number of hydrogen-bond donors (Lipinski definition) is 3. The van der Waals surface area contributed by atoms with Crippen molar-refractivity contribution in [3.8, 4) is 0 Å². The van der Waals surface area contributed by atoms with Crippen molar-refractivity contribution in [2.75, 3.05) is 60.4 Å². The van der Waals surface area contributed by atoms with Crippen LogP contribution in [-0.2, 0) is 4.79 Å². The number of hydrogen-bond acceptors (Lipinski definition) is 6. The summed E-state index contributed by atoms with van der Waals surface area (Å²) in [5.41, 5.74) is 0. The normalized spacial score (nSPS) is 11.7. The second-order valence-electron chi connectivity index (χ2n) is 6.51. The van der Waals surface area contributed by atoms with E-state index in [0.717, 1.165) is 38.7 Å². The van der Waals surface area contributed by atoms with Crippen LogP contribution in [0.4, 0.5) is 0 Å². The Morgan fingerprint density at radius 2 is 1.54 bits per heavy atom. The molecule has 0 saturated heterocycles. The van der Waals surface area contributed by atoms with E-state index in [-0.39, 0.29) is 5.91 Å². The van der Waals surface area contributed by atoms with Gasteiger partial charge in [-0.05, 0) is 79.6 Å². The molecule has 7 nitrogen and oxygen atoms in total. The van der Waals surface area contributed by atoms with Gasteiger partial charge in [0.1, 0.15) is 6.21 Å². The number of oxime groups is 1. The van der Waals surface area contributed by atoms with Crippen LogP contribution in [0.3, 0.4) is 0 Å². The first-order valence-corrected chi connectivity index (χ1v) is 9.05. The van der Waals surface area contributed by atoms with E-state index in [2.05, 4.69) is 46.7 Å². The summed E-state index contributed by atoms with van der Waals surface area (Å²) in [6.45, 7) is 5.96. The third-order valence-electron chi connectivity index (χ3n) is 3.79. The summed E-state index contributed by atoms with van der Waals surface area (Å²) in [6.07, 6.45) is 8.11. The van der Waals surface area contributed by atoms with E-state index in [4.69, 9.17) is 5.21 Å². The molecular weight excluding hydrogens is 306 g/mol. The van der Waals surface area contributed by atoms with E-state index in [1.807, 2.05) is 0 Å². The summed E-state index contributed by atoms with van der Waals surface area (Å²) in [7, 11) is 6.45. The summed E-state index contributed by atoms with van der Waals surface area (Å²) in [5.74, 6) is -0.360. The van der Waals surface area contributed by atoms with Crippen LogP contribution in [0.2, 0.25) is 0 Å². The monoisotopic (exact) mass is 343 g/mol. The summed E-state index contributed by atoms with van der Waals surface area (Å²) in [4.78, 5) is 15.6. The molecule has 0 fully saturated rings. The van der Waals surface area contributed by atoms with Crippen LogP contribution in [0, 0.1) is 0 Å². The van der Waals surface area contributed by atoms with E-state index in [1.165, 1.54) is 38.8 Å². The van der Waals surface area contributed by atoms with Gasteiger partial charge in [0.25, 0.3) is 5.91 Å². The molecule has 0 aromatic rings. The molecule has 0 heterocycles. The number of nitrogens with zero attached hydrogens (tertiary/aromatic N) is 3.